The minimum atomic E-state index is 0.0926. The van der Waals surface area contributed by atoms with Gasteiger partial charge in [0.2, 0.25) is 5.91 Å². The zero-order valence-electron chi connectivity index (χ0n) is 18.1. The van der Waals surface area contributed by atoms with Crippen molar-refractivity contribution in [3.63, 3.8) is 0 Å². The molecule has 5 nitrogen and oxygen atoms in total. The number of hydrogen-bond acceptors (Lipinski definition) is 4. The predicted molar refractivity (Wildman–Crippen MR) is 116 cm³/mol. The molecule has 0 aromatic heterocycles. The van der Waals surface area contributed by atoms with Crippen LogP contribution in [0.5, 0.6) is 5.75 Å². The first kappa shape index (κ1) is 20.7. The number of ether oxygens (including phenoxy) is 1. The van der Waals surface area contributed by atoms with E-state index in [9.17, 15) is 4.79 Å². The van der Waals surface area contributed by atoms with E-state index in [2.05, 4.69) is 39.9 Å². The lowest BCUT2D eigenvalue weighted by Gasteiger charge is -2.27. The van der Waals surface area contributed by atoms with Crippen molar-refractivity contribution < 1.29 is 9.53 Å². The highest BCUT2D eigenvalue weighted by atomic mass is 16.5. The molecule has 1 aromatic carbocycles. The van der Waals surface area contributed by atoms with Gasteiger partial charge in [0.05, 0.1) is 12.6 Å². The molecule has 1 unspecified atom stereocenters. The number of rotatable bonds is 6. The van der Waals surface area contributed by atoms with Crippen LogP contribution in [0.1, 0.15) is 49.7 Å². The van der Waals surface area contributed by atoms with Gasteiger partial charge in [0.1, 0.15) is 5.75 Å². The fraction of sp³-hybridized carbons (Fsp3) is 0.708. The summed E-state index contributed by atoms with van der Waals surface area (Å²) in [5.74, 6) is 1.31. The third kappa shape index (κ3) is 5.32. The molecule has 0 aliphatic carbocycles. The highest BCUT2D eigenvalue weighted by Gasteiger charge is 2.31. The number of hydrogen-bond donors (Lipinski definition) is 0. The molecule has 1 aromatic rings. The van der Waals surface area contributed by atoms with E-state index in [1.54, 1.807) is 0 Å². The summed E-state index contributed by atoms with van der Waals surface area (Å²) in [5, 5.41) is 0. The van der Waals surface area contributed by atoms with E-state index in [0.717, 1.165) is 70.6 Å². The van der Waals surface area contributed by atoms with Gasteiger partial charge >= 0.3 is 0 Å². The van der Waals surface area contributed by atoms with Crippen molar-refractivity contribution in [3.8, 4) is 5.75 Å². The molecule has 2 saturated heterocycles. The number of likely N-dealkylation sites (tertiary alicyclic amines) is 2. The highest BCUT2D eigenvalue weighted by Crippen LogP contribution is 2.24. The van der Waals surface area contributed by atoms with Crippen molar-refractivity contribution in [3.05, 3.63) is 29.3 Å². The van der Waals surface area contributed by atoms with Gasteiger partial charge < -0.3 is 14.5 Å². The van der Waals surface area contributed by atoms with Crippen LogP contribution in [0.2, 0.25) is 0 Å². The van der Waals surface area contributed by atoms with Crippen LogP contribution in [0.25, 0.3) is 0 Å². The van der Waals surface area contributed by atoms with Crippen LogP contribution in [0.3, 0.4) is 0 Å². The lowest BCUT2D eigenvalue weighted by Crippen LogP contribution is -2.45. The molecule has 0 N–H and O–H groups in total. The summed E-state index contributed by atoms with van der Waals surface area (Å²) in [7, 11) is 2.08. The fourth-order valence-corrected chi connectivity index (χ4v) is 5.11. The lowest BCUT2D eigenvalue weighted by atomic mass is 10.0. The van der Waals surface area contributed by atoms with Crippen molar-refractivity contribution in [2.45, 2.75) is 57.4 Å². The minimum Gasteiger partial charge on any atom is -0.494 e. The van der Waals surface area contributed by atoms with E-state index < -0.39 is 0 Å². The van der Waals surface area contributed by atoms with Crippen molar-refractivity contribution in [2.75, 3.05) is 52.9 Å². The zero-order valence-corrected chi connectivity index (χ0v) is 18.1. The maximum Gasteiger partial charge on any atom is 0.239 e. The number of likely N-dealkylation sites (N-methyl/N-ethyl adjacent to an activating group) is 1. The molecule has 160 valence electrons. The molecule has 1 atom stereocenters. The third-order valence-electron chi connectivity index (χ3n) is 6.93. The van der Waals surface area contributed by atoms with Gasteiger partial charge in [-0.15, -0.1) is 0 Å². The van der Waals surface area contributed by atoms with E-state index in [1.165, 1.54) is 43.5 Å². The number of carbonyl (C=O) groups excluding carboxylic acids is 1. The topological polar surface area (TPSA) is 36.0 Å². The van der Waals surface area contributed by atoms with Gasteiger partial charge in [-0.05, 0) is 94.9 Å². The number of piperidine rings is 1. The molecule has 1 amide bonds. The molecular formula is C24H37N3O2. The monoisotopic (exact) mass is 399 g/mol. The molecule has 3 heterocycles. The van der Waals surface area contributed by atoms with Crippen LogP contribution in [0.4, 0.5) is 0 Å². The predicted octanol–water partition coefficient (Wildman–Crippen LogP) is 2.96. The Morgan fingerprint density at radius 1 is 1.00 bits per heavy atom. The van der Waals surface area contributed by atoms with Gasteiger partial charge in [0.25, 0.3) is 0 Å². The van der Waals surface area contributed by atoms with Gasteiger partial charge in [-0.25, -0.2) is 0 Å². The Balaban J connectivity index is 1.26. The van der Waals surface area contributed by atoms with Crippen LogP contribution < -0.4 is 4.74 Å². The number of carbonyl (C=O) groups is 1. The smallest absolute Gasteiger partial charge is 0.239 e. The summed E-state index contributed by atoms with van der Waals surface area (Å²) in [5.41, 5.74) is 2.73. The zero-order chi connectivity index (χ0) is 20.1. The minimum absolute atomic E-state index is 0.0926. The van der Waals surface area contributed by atoms with E-state index in [1.807, 2.05) is 0 Å². The summed E-state index contributed by atoms with van der Waals surface area (Å²) >= 11 is 0. The average molecular weight is 400 g/mol. The maximum atomic E-state index is 12.9. The van der Waals surface area contributed by atoms with E-state index in [0.29, 0.717) is 5.91 Å². The van der Waals surface area contributed by atoms with Crippen LogP contribution >= 0.6 is 0 Å². The second-order valence-electron chi connectivity index (χ2n) is 9.00. The molecular weight excluding hydrogens is 362 g/mol. The first-order valence-corrected chi connectivity index (χ1v) is 11.7. The van der Waals surface area contributed by atoms with Crippen molar-refractivity contribution in [1.29, 1.82) is 0 Å². The van der Waals surface area contributed by atoms with E-state index in [4.69, 9.17) is 4.74 Å². The molecule has 0 radical (unpaired) electrons. The van der Waals surface area contributed by atoms with Crippen molar-refractivity contribution >= 4 is 5.91 Å². The fourth-order valence-electron chi connectivity index (χ4n) is 5.11. The molecule has 4 rings (SSSR count). The molecule has 0 saturated carbocycles. The molecule has 0 spiro atoms. The summed E-state index contributed by atoms with van der Waals surface area (Å²) in [6.45, 7) is 7.16. The number of benzene rings is 1. The van der Waals surface area contributed by atoms with Gasteiger partial charge in [-0.1, -0.05) is 12.5 Å². The first-order chi connectivity index (χ1) is 14.2. The van der Waals surface area contributed by atoms with Gasteiger partial charge in [0.15, 0.2) is 0 Å². The number of fused-ring (bicyclic) bond motifs is 1. The molecule has 0 bridgehead atoms. The quantitative estimate of drug-likeness (QED) is 0.689. The normalized spacial score (nSPS) is 23.6. The molecule has 2 fully saturated rings. The first-order valence-electron chi connectivity index (χ1n) is 11.7. The Bertz CT molecular complexity index is 687. The van der Waals surface area contributed by atoms with Crippen LogP contribution in [-0.2, 0) is 17.6 Å². The van der Waals surface area contributed by atoms with Gasteiger partial charge in [-0.3, -0.25) is 9.69 Å². The highest BCUT2D eigenvalue weighted by molar-refractivity contribution is 5.82. The van der Waals surface area contributed by atoms with Crippen LogP contribution in [-0.4, -0.2) is 79.6 Å². The summed E-state index contributed by atoms with van der Waals surface area (Å²) < 4.78 is 6.06. The Morgan fingerprint density at radius 2 is 1.79 bits per heavy atom. The third-order valence-corrected chi connectivity index (χ3v) is 6.93. The summed E-state index contributed by atoms with van der Waals surface area (Å²) in [6.07, 6.45) is 9.21. The number of nitrogens with zero attached hydrogens (tertiary/aromatic N) is 3. The Labute approximate surface area is 176 Å². The van der Waals surface area contributed by atoms with Crippen LogP contribution in [0.15, 0.2) is 18.2 Å². The second kappa shape index (κ2) is 9.94. The van der Waals surface area contributed by atoms with E-state index in [-0.39, 0.29) is 6.04 Å². The van der Waals surface area contributed by atoms with Gasteiger partial charge in [0, 0.05) is 19.6 Å². The maximum absolute atomic E-state index is 12.9. The molecule has 3 aliphatic heterocycles. The Kier molecular flexibility index (Phi) is 7.09. The Hall–Kier alpha value is -1.59. The summed E-state index contributed by atoms with van der Waals surface area (Å²) in [6, 6.07) is 6.63. The van der Waals surface area contributed by atoms with Crippen molar-refractivity contribution in [1.82, 2.24) is 14.7 Å². The van der Waals surface area contributed by atoms with Crippen molar-refractivity contribution in [2.24, 2.45) is 0 Å². The summed E-state index contributed by atoms with van der Waals surface area (Å²) in [4.78, 5) is 19.8. The second-order valence-corrected chi connectivity index (χ2v) is 9.00. The lowest BCUT2D eigenvalue weighted by molar-refractivity contribution is -0.135. The number of amides is 1. The average Bonchev–Trinajstić information content (AvgIpc) is 3.06. The standard InChI is InChI=1S/C24H37N3O2/c1-25-12-5-7-23(25)24(28)27-16-10-20-8-9-22(19-21(20)11-17-27)29-18-6-15-26-13-3-2-4-14-26/h8-9,19,23H,2-7,10-18H2,1H3. The molecule has 5 heteroatoms. The van der Waals surface area contributed by atoms with Gasteiger partial charge in [-0.2, -0.15) is 0 Å². The largest absolute Gasteiger partial charge is 0.494 e. The van der Waals surface area contributed by atoms with E-state index >= 15 is 0 Å². The SMILES string of the molecule is CN1CCCC1C(=O)N1CCc2ccc(OCCCN3CCCCC3)cc2CC1. The molecule has 3 aliphatic rings. The molecule has 29 heavy (non-hydrogen) atoms. The Morgan fingerprint density at radius 3 is 2.55 bits per heavy atom. The van der Waals surface area contributed by atoms with Crippen LogP contribution in [0, 0.1) is 0 Å².